The van der Waals surface area contributed by atoms with Crippen molar-refractivity contribution in [3.05, 3.63) is 31.0 Å². The van der Waals surface area contributed by atoms with Crippen molar-refractivity contribution in [1.29, 1.82) is 0 Å². The van der Waals surface area contributed by atoms with Gasteiger partial charge in [-0.05, 0) is 6.07 Å². The van der Waals surface area contributed by atoms with Crippen LogP contribution in [0.15, 0.2) is 31.0 Å². The third-order valence-electron chi connectivity index (χ3n) is 1.31. The summed E-state index contributed by atoms with van der Waals surface area (Å²) in [5.74, 6) is 0. The van der Waals surface area contributed by atoms with Crippen LogP contribution in [0.4, 0.5) is 0 Å². The fraction of sp³-hybridized carbons (Fsp3) is 0.364. The predicted molar refractivity (Wildman–Crippen MR) is 60.0 cm³/mol. The first-order chi connectivity index (χ1) is 6.97. The van der Waals surface area contributed by atoms with E-state index in [1.54, 1.807) is 18.6 Å². The first-order valence-corrected chi connectivity index (χ1v) is 4.96. The normalized spacial score (nSPS) is 8.00. The van der Waals surface area contributed by atoms with E-state index in [9.17, 15) is 0 Å². The molecule has 0 saturated carbocycles. The van der Waals surface area contributed by atoms with Gasteiger partial charge in [-0.1, -0.05) is 27.7 Å². The minimum Gasteiger partial charge on any atom is -0.262 e. The molecule has 0 N–H and O–H groups in total. The van der Waals surface area contributed by atoms with Crippen LogP contribution in [-0.2, 0) is 0 Å². The van der Waals surface area contributed by atoms with E-state index in [1.165, 1.54) is 6.33 Å². The molecule has 2 heterocycles. The van der Waals surface area contributed by atoms with E-state index in [-0.39, 0.29) is 0 Å². The second-order valence-electron chi connectivity index (χ2n) is 1.96. The van der Waals surface area contributed by atoms with Crippen LogP contribution in [0.3, 0.4) is 0 Å². The lowest BCUT2D eigenvalue weighted by Crippen LogP contribution is -1.80. The Hall–Kier alpha value is -1.51. The quantitative estimate of drug-likeness (QED) is 0.642. The fourth-order valence-electron chi connectivity index (χ4n) is 0.823. The van der Waals surface area contributed by atoms with Crippen LogP contribution < -0.4 is 0 Å². The Morgan fingerprint density at radius 2 is 1.64 bits per heavy atom. The molecule has 76 valence electrons. The number of nitrogens with zero attached hydrogens (tertiary/aromatic N) is 3. The number of rotatable bonds is 0. The third kappa shape index (κ3) is 3.47. The van der Waals surface area contributed by atoms with Gasteiger partial charge in [-0.15, -0.1) is 0 Å². The van der Waals surface area contributed by atoms with Gasteiger partial charge in [0, 0.05) is 17.8 Å². The highest BCUT2D eigenvalue weighted by Gasteiger charge is 1.88. The van der Waals surface area contributed by atoms with Crippen molar-refractivity contribution in [2.75, 3.05) is 0 Å². The first-order valence-electron chi connectivity index (χ1n) is 4.96. The molecule has 0 spiro atoms. The second kappa shape index (κ2) is 8.10. The number of aromatic nitrogens is 3. The summed E-state index contributed by atoms with van der Waals surface area (Å²) in [6, 6.07) is 1.88. The molecule has 2 rings (SSSR count). The van der Waals surface area contributed by atoms with Gasteiger partial charge in [0.25, 0.3) is 0 Å². The van der Waals surface area contributed by atoms with E-state index < -0.39 is 0 Å². The molecular formula is C11H17N3. The molecule has 3 nitrogen and oxygen atoms in total. The zero-order chi connectivity index (χ0) is 10.8. The first kappa shape index (κ1) is 12.5. The van der Waals surface area contributed by atoms with Crippen LogP contribution >= 0.6 is 0 Å². The molecule has 0 aliphatic heterocycles. The van der Waals surface area contributed by atoms with E-state index in [1.807, 2.05) is 33.8 Å². The Bertz CT molecular complexity index is 282. The van der Waals surface area contributed by atoms with Gasteiger partial charge in [0.05, 0.1) is 11.7 Å². The van der Waals surface area contributed by atoms with Gasteiger partial charge in [0.15, 0.2) is 0 Å². The molecule has 0 atom stereocenters. The Labute approximate surface area is 85.2 Å². The van der Waals surface area contributed by atoms with Crippen LogP contribution in [0.5, 0.6) is 0 Å². The van der Waals surface area contributed by atoms with Gasteiger partial charge in [0.2, 0.25) is 0 Å². The lowest BCUT2D eigenvalue weighted by Gasteiger charge is -1.90. The third-order valence-corrected chi connectivity index (χ3v) is 1.31. The summed E-state index contributed by atoms with van der Waals surface area (Å²) in [4.78, 5) is 11.8. The van der Waals surface area contributed by atoms with E-state index in [0.29, 0.717) is 0 Å². The standard InChI is InChI=1S/C7H5N3.2C2H6/c1-2-8-4-7-6(1)3-9-5-10-7;2*1-2/h1-5H;2*1-2H3. The largest absolute Gasteiger partial charge is 0.262 e. The molecule has 2 aromatic rings. The highest BCUT2D eigenvalue weighted by Crippen LogP contribution is 2.04. The summed E-state index contributed by atoms with van der Waals surface area (Å²) in [7, 11) is 0. The van der Waals surface area contributed by atoms with Crippen molar-refractivity contribution in [2.45, 2.75) is 27.7 Å². The second-order valence-corrected chi connectivity index (χ2v) is 1.96. The predicted octanol–water partition coefficient (Wildman–Crippen LogP) is 3.08. The lowest BCUT2D eigenvalue weighted by atomic mass is 10.3. The van der Waals surface area contributed by atoms with Gasteiger partial charge in [-0.25, -0.2) is 9.97 Å². The summed E-state index contributed by atoms with van der Waals surface area (Å²) in [6.45, 7) is 8.00. The molecule has 2 aromatic heterocycles. The smallest absolute Gasteiger partial charge is 0.116 e. The number of hydrogen-bond acceptors (Lipinski definition) is 3. The molecule has 0 unspecified atom stereocenters. The maximum absolute atomic E-state index is 4.01. The summed E-state index contributed by atoms with van der Waals surface area (Å²) >= 11 is 0. The van der Waals surface area contributed by atoms with Crippen molar-refractivity contribution in [3.8, 4) is 0 Å². The van der Waals surface area contributed by atoms with Gasteiger partial charge in [-0.2, -0.15) is 0 Å². The molecule has 3 heteroatoms. The van der Waals surface area contributed by atoms with Crippen LogP contribution in [0.25, 0.3) is 10.9 Å². The maximum atomic E-state index is 4.01. The van der Waals surface area contributed by atoms with Crippen LogP contribution in [0, 0.1) is 0 Å². The van der Waals surface area contributed by atoms with Gasteiger partial charge < -0.3 is 0 Å². The van der Waals surface area contributed by atoms with Gasteiger partial charge in [-0.3, -0.25) is 4.98 Å². The summed E-state index contributed by atoms with van der Waals surface area (Å²) < 4.78 is 0. The fourth-order valence-corrected chi connectivity index (χ4v) is 0.823. The molecular weight excluding hydrogens is 174 g/mol. The minimum absolute atomic E-state index is 0.887. The van der Waals surface area contributed by atoms with E-state index in [0.717, 1.165) is 10.9 Å². The Kier molecular flexibility index (Phi) is 7.23. The van der Waals surface area contributed by atoms with E-state index in [2.05, 4.69) is 15.0 Å². The van der Waals surface area contributed by atoms with Crippen LogP contribution in [-0.4, -0.2) is 15.0 Å². The minimum atomic E-state index is 0.887. The summed E-state index contributed by atoms with van der Waals surface area (Å²) in [6.07, 6.45) is 6.73. The molecule has 0 fully saturated rings. The van der Waals surface area contributed by atoms with Gasteiger partial charge >= 0.3 is 0 Å². The molecule has 0 bridgehead atoms. The average Bonchev–Trinajstić information content (AvgIpc) is 2.34. The molecule has 0 aliphatic rings. The number of fused-ring (bicyclic) bond motifs is 1. The van der Waals surface area contributed by atoms with Crippen molar-refractivity contribution in [2.24, 2.45) is 0 Å². The Morgan fingerprint density at radius 1 is 0.929 bits per heavy atom. The van der Waals surface area contributed by atoms with Crippen LogP contribution in [0.1, 0.15) is 27.7 Å². The van der Waals surface area contributed by atoms with Crippen molar-refractivity contribution in [3.63, 3.8) is 0 Å². The summed E-state index contributed by atoms with van der Waals surface area (Å²) in [5.41, 5.74) is 0.887. The molecule has 0 aliphatic carbocycles. The average molecular weight is 191 g/mol. The Morgan fingerprint density at radius 3 is 2.29 bits per heavy atom. The number of hydrogen-bond donors (Lipinski definition) is 0. The zero-order valence-electron chi connectivity index (χ0n) is 9.23. The molecule has 0 aromatic carbocycles. The van der Waals surface area contributed by atoms with E-state index >= 15 is 0 Å². The van der Waals surface area contributed by atoms with Crippen molar-refractivity contribution < 1.29 is 0 Å². The van der Waals surface area contributed by atoms with Gasteiger partial charge in [0.1, 0.15) is 6.33 Å². The zero-order valence-corrected chi connectivity index (χ0v) is 9.23. The molecule has 14 heavy (non-hydrogen) atoms. The SMILES string of the molecule is CC.CC.c1cc2cncnc2cn1. The Balaban J connectivity index is 0.000000379. The van der Waals surface area contributed by atoms with Crippen molar-refractivity contribution in [1.82, 2.24) is 15.0 Å². The lowest BCUT2D eigenvalue weighted by molar-refractivity contribution is 1.20. The highest BCUT2D eigenvalue weighted by atomic mass is 14.8. The molecule has 0 radical (unpaired) electrons. The molecule has 0 saturated heterocycles. The van der Waals surface area contributed by atoms with Crippen LogP contribution in [0.2, 0.25) is 0 Å². The van der Waals surface area contributed by atoms with E-state index in [4.69, 9.17) is 0 Å². The highest BCUT2D eigenvalue weighted by molar-refractivity contribution is 5.75. The molecule has 0 amide bonds. The summed E-state index contributed by atoms with van der Waals surface area (Å²) in [5, 5.41) is 1.03. The monoisotopic (exact) mass is 191 g/mol. The topological polar surface area (TPSA) is 38.7 Å². The number of pyridine rings is 1. The maximum Gasteiger partial charge on any atom is 0.116 e. The van der Waals surface area contributed by atoms with Crippen molar-refractivity contribution >= 4 is 10.9 Å².